The molecule has 3 aromatic rings. The Morgan fingerprint density at radius 2 is 1.83 bits per heavy atom. The maximum absolute atomic E-state index is 13.3. The van der Waals surface area contributed by atoms with Gasteiger partial charge in [0.15, 0.2) is 6.29 Å². The van der Waals surface area contributed by atoms with Crippen LogP contribution in [0.1, 0.15) is 54.4 Å². The van der Waals surface area contributed by atoms with Crippen molar-refractivity contribution in [1.82, 2.24) is 15.7 Å². The van der Waals surface area contributed by atoms with E-state index in [0.717, 1.165) is 60.7 Å². The van der Waals surface area contributed by atoms with Gasteiger partial charge in [0.2, 0.25) is 0 Å². The van der Waals surface area contributed by atoms with E-state index < -0.39 is 6.29 Å². The summed E-state index contributed by atoms with van der Waals surface area (Å²) >= 11 is 0. The Labute approximate surface area is 241 Å². The van der Waals surface area contributed by atoms with Gasteiger partial charge < -0.3 is 19.7 Å². The predicted octanol–water partition coefficient (Wildman–Crippen LogP) is 5.09. The number of likely N-dealkylation sites (tertiary alicyclic amines) is 1. The van der Waals surface area contributed by atoms with Crippen molar-refractivity contribution in [3.63, 3.8) is 0 Å². The number of hydroxylamine groups is 1. The molecule has 2 aliphatic rings. The van der Waals surface area contributed by atoms with E-state index in [4.69, 9.17) is 14.3 Å². The van der Waals surface area contributed by atoms with Crippen molar-refractivity contribution in [3.8, 4) is 5.75 Å². The normalized spacial score (nSPS) is 19.7. The zero-order chi connectivity index (χ0) is 28.4. The van der Waals surface area contributed by atoms with Crippen LogP contribution in [0.5, 0.6) is 5.75 Å². The molecule has 8 nitrogen and oxygen atoms in total. The summed E-state index contributed by atoms with van der Waals surface area (Å²) in [5, 5.41) is 5.17. The maximum atomic E-state index is 13.3. The third-order valence-corrected chi connectivity index (χ3v) is 7.79. The lowest BCUT2D eigenvalue weighted by molar-refractivity contribution is -0.186. The molecule has 0 aromatic heterocycles. The van der Waals surface area contributed by atoms with Crippen molar-refractivity contribution in [2.24, 2.45) is 0 Å². The van der Waals surface area contributed by atoms with E-state index in [0.29, 0.717) is 30.3 Å². The van der Waals surface area contributed by atoms with Crippen molar-refractivity contribution in [2.75, 3.05) is 33.4 Å². The third kappa shape index (κ3) is 7.94. The number of ether oxygens (including phenoxy) is 2. The van der Waals surface area contributed by atoms with E-state index in [1.165, 1.54) is 6.42 Å². The van der Waals surface area contributed by atoms with Gasteiger partial charge in [-0.15, -0.1) is 0 Å². The first kappa shape index (κ1) is 28.8. The Balaban J connectivity index is 1.26. The summed E-state index contributed by atoms with van der Waals surface area (Å²) < 4.78 is 11.7. The summed E-state index contributed by atoms with van der Waals surface area (Å²) in [5.74, 6) is 0.223. The summed E-state index contributed by atoms with van der Waals surface area (Å²) in [7, 11) is 2.14. The van der Waals surface area contributed by atoms with Gasteiger partial charge in [-0.1, -0.05) is 48.5 Å². The van der Waals surface area contributed by atoms with E-state index in [-0.39, 0.29) is 18.4 Å². The van der Waals surface area contributed by atoms with E-state index in [1.54, 1.807) is 12.1 Å². The largest absolute Gasteiger partial charge is 0.488 e. The topological polar surface area (TPSA) is 89.1 Å². The number of nitrogens with zero attached hydrogens (tertiary/aromatic N) is 1. The molecule has 5 rings (SSSR count). The second-order valence-electron chi connectivity index (χ2n) is 10.7. The number of benzene rings is 3. The first-order valence-electron chi connectivity index (χ1n) is 14.5. The number of fused-ring (bicyclic) bond motifs is 1. The van der Waals surface area contributed by atoms with Crippen molar-refractivity contribution in [2.45, 2.75) is 50.9 Å². The quantitative estimate of drug-likeness (QED) is 0.252. The van der Waals surface area contributed by atoms with Crippen LogP contribution >= 0.6 is 0 Å². The average molecular weight is 558 g/mol. The smallest absolute Gasteiger partial charge is 0.274 e. The lowest BCUT2D eigenvalue weighted by Crippen LogP contribution is -2.33. The monoisotopic (exact) mass is 557 g/mol. The summed E-state index contributed by atoms with van der Waals surface area (Å²) in [6.45, 7) is 2.46. The second kappa shape index (κ2) is 14.3. The van der Waals surface area contributed by atoms with E-state index in [9.17, 15) is 9.59 Å². The summed E-state index contributed by atoms with van der Waals surface area (Å²) in [5.41, 5.74) is 4.24. The Kier molecular flexibility index (Phi) is 10.0. The van der Waals surface area contributed by atoms with Crippen molar-refractivity contribution >= 4 is 28.7 Å². The standard InChI is InChI=1S/C33H39N3O5/c1-36-20-7-10-28(36)18-19-34-32(37)27(23-40-30-12-6-9-25-8-2-3-11-29(25)30)22-24-14-16-26(17-15-24)33(38)35-41-31-13-4-5-21-39-31/h2-3,6,8-9,11-12,14-17,22,28,31H,4-5,7,10,13,18-21,23H2,1H3,(H,34,37)(H,35,38). The van der Waals surface area contributed by atoms with E-state index >= 15 is 0 Å². The molecule has 0 spiro atoms. The van der Waals surface area contributed by atoms with Gasteiger partial charge >= 0.3 is 0 Å². The molecule has 2 atom stereocenters. The molecule has 2 heterocycles. The highest BCUT2D eigenvalue weighted by Crippen LogP contribution is 2.26. The van der Waals surface area contributed by atoms with Gasteiger partial charge in [-0.2, -0.15) is 0 Å². The molecule has 2 aliphatic heterocycles. The molecule has 0 radical (unpaired) electrons. The Hall–Kier alpha value is -3.72. The van der Waals surface area contributed by atoms with Crippen LogP contribution in [0, 0.1) is 0 Å². The van der Waals surface area contributed by atoms with E-state index in [2.05, 4.69) is 22.7 Å². The molecule has 8 heteroatoms. The number of hydrogen-bond donors (Lipinski definition) is 2. The molecule has 41 heavy (non-hydrogen) atoms. The van der Waals surface area contributed by atoms with Gasteiger partial charge in [-0.3, -0.25) is 9.59 Å². The molecule has 216 valence electrons. The molecular weight excluding hydrogens is 518 g/mol. The van der Waals surface area contributed by atoms with Crippen LogP contribution in [-0.2, 0) is 14.4 Å². The van der Waals surface area contributed by atoms with Gasteiger partial charge in [0.25, 0.3) is 11.8 Å². The minimum atomic E-state index is -0.410. The Morgan fingerprint density at radius 1 is 1.00 bits per heavy atom. The van der Waals surface area contributed by atoms with Crippen LogP contribution in [-0.4, -0.2) is 62.4 Å². The highest BCUT2D eigenvalue weighted by Gasteiger charge is 2.21. The molecule has 2 unspecified atom stereocenters. The molecule has 0 bridgehead atoms. The first-order valence-corrected chi connectivity index (χ1v) is 14.5. The number of carbonyl (C=O) groups excluding carboxylic acids is 2. The number of nitrogens with one attached hydrogen (secondary N) is 2. The first-order chi connectivity index (χ1) is 20.1. The Morgan fingerprint density at radius 3 is 2.61 bits per heavy atom. The van der Waals surface area contributed by atoms with Gasteiger partial charge in [-0.25, -0.2) is 10.3 Å². The second-order valence-corrected chi connectivity index (χ2v) is 10.7. The zero-order valence-corrected chi connectivity index (χ0v) is 23.6. The van der Waals surface area contributed by atoms with Crippen LogP contribution in [0.3, 0.4) is 0 Å². The molecule has 2 N–H and O–H groups in total. The average Bonchev–Trinajstić information content (AvgIpc) is 3.43. The molecule has 2 saturated heterocycles. The molecule has 3 aromatic carbocycles. The van der Waals surface area contributed by atoms with Gasteiger partial charge in [-0.05, 0) is 80.9 Å². The fourth-order valence-corrected chi connectivity index (χ4v) is 5.37. The molecule has 0 saturated carbocycles. The fraction of sp³-hybridized carbons (Fsp3) is 0.394. The van der Waals surface area contributed by atoms with Crippen molar-refractivity contribution < 1.29 is 23.9 Å². The van der Waals surface area contributed by atoms with Gasteiger partial charge in [0.1, 0.15) is 12.4 Å². The molecule has 2 amide bonds. The zero-order valence-electron chi connectivity index (χ0n) is 23.6. The molecule has 0 aliphatic carbocycles. The molecular formula is C33H39N3O5. The van der Waals surface area contributed by atoms with E-state index in [1.807, 2.05) is 60.7 Å². The van der Waals surface area contributed by atoms with Crippen molar-refractivity contribution in [1.29, 1.82) is 0 Å². The minimum absolute atomic E-state index is 0.112. The highest BCUT2D eigenvalue weighted by molar-refractivity contribution is 5.98. The summed E-state index contributed by atoms with van der Waals surface area (Å²) in [4.78, 5) is 33.6. The SMILES string of the molecule is CN1CCCC1CCNC(=O)C(=Cc1ccc(C(=O)NOC2CCCCO2)cc1)COc1cccc2ccccc12. The maximum Gasteiger partial charge on any atom is 0.274 e. The van der Waals surface area contributed by atoms with Gasteiger partial charge in [0, 0.05) is 36.6 Å². The lowest BCUT2D eigenvalue weighted by atomic mass is 10.1. The number of hydrogen-bond acceptors (Lipinski definition) is 6. The number of amides is 2. The highest BCUT2D eigenvalue weighted by atomic mass is 16.8. The fourth-order valence-electron chi connectivity index (χ4n) is 5.37. The minimum Gasteiger partial charge on any atom is -0.488 e. The summed E-state index contributed by atoms with van der Waals surface area (Å²) in [6.07, 6.45) is 7.46. The number of carbonyl (C=O) groups is 2. The third-order valence-electron chi connectivity index (χ3n) is 7.79. The van der Waals surface area contributed by atoms with Crippen LogP contribution in [0.4, 0.5) is 0 Å². The number of rotatable bonds is 11. The predicted molar refractivity (Wildman–Crippen MR) is 159 cm³/mol. The lowest BCUT2D eigenvalue weighted by Gasteiger charge is -2.22. The van der Waals surface area contributed by atoms with Crippen LogP contribution < -0.4 is 15.5 Å². The van der Waals surface area contributed by atoms with Crippen LogP contribution in [0.15, 0.2) is 72.3 Å². The van der Waals surface area contributed by atoms with Crippen molar-refractivity contribution in [3.05, 3.63) is 83.4 Å². The summed E-state index contributed by atoms with van der Waals surface area (Å²) in [6, 6.07) is 21.5. The Bertz CT molecular complexity index is 1350. The van der Waals surface area contributed by atoms with Crippen LogP contribution in [0.25, 0.3) is 16.8 Å². The van der Waals surface area contributed by atoms with Gasteiger partial charge in [0.05, 0.1) is 5.57 Å². The molecule has 2 fully saturated rings. The van der Waals surface area contributed by atoms with Crippen LogP contribution in [0.2, 0.25) is 0 Å².